The standard InChI is InChI=1S/C17H12N4O2/c1-3-7-12(8-4-1)11-14-18-16(22-20-14)17-19-15(21-23-17)13-9-5-2-6-10-13/h1-10H,11H2. The minimum absolute atomic E-state index is 0.218. The van der Waals surface area contributed by atoms with Gasteiger partial charge in [-0.2, -0.15) is 9.97 Å². The van der Waals surface area contributed by atoms with Crippen molar-refractivity contribution in [1.29, 1.82) is 0 Å². The summed E-state index contributed by atoms with van der Waals surface area (Å²) in [4.78, 5) is 8.61. The van der Waals surface area contributed by atoms with Crippen LogP contribution >= 0.6 is 0 Å². The van der Waals surface area contributed by atoms with Crippen LogP contribution in [-0.4, -0.2) is 20.3 Å². The molecule has 0 fully saturated rings. The summed E-state index contributed by atoms with van der Waals surface area (Å²) in [6.45, 7) is 0. The van der Waals surface area contributed by atoms with Crippen LogP contribution in [0.2, 0.25) is 0 Å². The lowest BCUT2D eigenvalue weighted by molar-refractivity contribution is 0.380. The topological polar surface area (TPSA) is 77.8 Å². The molecule has 0 spiro atoms. The van der Waals surface area contributed by atoms with Gasteiger partial charge in [-0.1, -0.05) is 71.0 Å². The third kappa shape index (κ3) is 2.87. The van der Waals surface area contributed by atoms with E-state index in [9.17, 15) is 0 Å². The Kier molecular flexibility index (Phi) is 3.40. The molecule has 112 valence electrons. The second kappa shape index (κ2) is 5.84. The SMILES string of the molecule is c1ccc(Cc2noc(-c3nc(-c4ccccc4)no3)n2)cc1. The minimum Gasteiger partial charge on any atom is -0.329 e. The van der Waals surface area contributed by atoms with E-state index in [2.05, 4.69) is 20.3 Å². The Morgan fingerprint density at radius 3 is 2.13 bits per heavy atom. The van der Waals surface area contributed by atoms with Crippen molar-refractivity contribution in [3.05, 3.63) is 72.1 Å². The molecule has 0 bridgehead atoms. The summed E-state index contributed by atoms with van der Waals surface area (Å²) >= 11 is 0. The number of rotatable bonds is 4. The van der Waals surface area contributed by atoms with Gasteiger partial charge < -0.3 is 9.05 Å². The van der Waals surface area contributed by atoms with Crippen LogP contribution in [0.4, 0.5) is 0 Å². The third-order valence-corrected chi connectivity index (χ3v) is 3.31. The van der Waals surface area contributed by atoms with Gasteiger partial charge in [-0.15, -0.1) is 0 Å². The Morgan fingerprint density at radius 1 is 0.696 bits per heavy atom. The average Bonchev–Trinajstić information content (AvgIpc) is 3.26. The van der Waals surface area contributed by atoms with Crippen molar-refractivity contribution in [3.63, 3.8) is 0 Å². The van der Waals surface area contributed by atoms with Gasteiger partial charge in [0.05, 0.1) is 0 Å². The van der Waals surface area contributed by atoms with E-state index in [0.29, 0.717) is 18.1 Å². The number of hydrogen-bond acceptors (Lipinski definition) is 6. The maximum atomic E-state index is 5.21. The molecule has 0 aliphatic rings. The van der Waals surface area contributed by atoms with E-state index in [1.807, 2.05) is 60.7 Å². The van der Waals surface area contributed by atoms with Gasteiger partial charge in [0.1, 0.15) is 0 Å². The molecule has 0 N–H and O–H groups in total. The Hall–Kier alpha value is -3.28. The van der Waals surface area contributed by atoms with Gasteiger partial charge in [0.2, 0.25) is 5.82 Å². The zero-order chi connectivity index (χ0) is 15.5. The van der Waals surface area contributed by atoms with Gasteiger partial charge in [0.25, 0.3) is 0 Å². The lowest BCUT2D eigenvalue weighted by Crippen LogP contribution is -1.90. The molecule has 2 aromatic carbocycles. The normalized spacial score (nSPS) is 10.8. The van der Waals surface area contributed by atoms with Crippen molar-refractivity contribution < 1.29 is 9.05 Å². The van der Waals surface area contributed by atoms with Crippen LogP contribution in [0.25, 0.3) is 23.2 Å². The molecule has 0 saturated carbocycles. The molecule has 4 aromatic rings. The van der Waals surface area contributed by atoms with Crippen LogP contribution in [0.15, 0.2) is 69.7 Å². The molecule has 0 aliphatic carbocycles. The summed E-state index contributed by atoms with van der Waals surface area (Å²) in [6, 6.07) is 19.5. The van der Waals surface area contributed by atoms with Crippen molar-refractivity contribution in [2.24, 2.45) is 0 Å². The highest BCUT2D eigenvalue weighted by Crippen LogP contribution is 2.21. The van der Waals surface area contributed by atoms with Crippen LogP contribution in [0.5, 0.6) is 0 Å². The molecule has 2 heterocycles. The first kappa shape index (κ1) is 13.4. The van der Waals surface area contributed by atoms with E-state index in [0.717, 1.165) is 11.1 Å². The Morgan fingerprint density at radius 2 is 1.35 bits per heavy atom. The highest BCUT2D eigenvalue weighted by Gasteiger charge is 2.17. The molecule has 6 heteroatoms. The maximum Gasteiger partial charge on any atom is 0.316 e. The van der Waals surface area contributed by atoms with Crippen LogP contribution in [-0.2, 0) is 6.42 Å². The largest absolute Gasteiger partial charge is 0.329 e. The minimum atomic E-state index is 0.218. The van der Waals surface area contributed by atoms with E-state index >= 15 is 0 Å². The van der Waals surface area contributed by atoms with Crippen LogP contribution in [0.3, 0.4) is 0 Å². The zero-order valence-corrected chi connectivity index (χ0v) is 12.1. The molecule has 2 aromatic heterocycles. The highest BCUT2D eigenvalue weighted by atomic mass is 16.5. The van der Waals surface area contributed by atoms with E-state index in [1.54, 1.807) is 0 Å². The van der Waals surface area contributed by atoms with Crippen molar-refractivity contribution >= 4 is 0 Å². The molecule has 0 radical (unpaired) electrons. The Bertz CT molecular complexity index is 901. The summed E-state index contributed by atoms with van der Waals surface area (Å²) in [7, 11) is 0. The van der Waals surface area contributed by atoms with Crippen LogP contribution in [0, 0.1) is 0 Å². The quantitative estimate of drug-likeness (QED) is 0.575. The fraction of sp³-hybridized carbons (Fsp3) is 0.0588. The molecule has 0 amide bonds. The average molecular weight is 304 g/mol. The lowest BCUT2D eigenvalue weighted by atomic mass is 10.1. The van der Waals surface area contributed by atoms with Gasteiger partial charge in [0.15, 0.2) is 5.82 Å². The summed E-state index contributed by atoms with van der Waals surface area (Å²) in [5.74, 6) is 1.51. The lowest BCUT2D eigenvalue weighted by Gasteiger charge is -1.93. The second-order valence-corrected chi connectivity index (χ2v) is 4.97. The maximum absolute atomic E-state index is 5.21. The summed E-state index contributed by atoms with van der Waals surface area (Å²) < 4.78 is 10.4. The van der Waals surface area contributed by atoms with Crippen molar-refractivity contribution in [3.8, 4) is 23.2 Å². The first-order chi connectivity index (χ1) is 11.4. The smallest absolute Gasteiger partial charge is 0.316 e. The molecular weight excluding hydrogens is 292 g/mol. The number of aromatic nitrogens is 4. The molecule has 0 atom stereocenters. The van der Waals surface area contributed by atoms with Gasteiger partial charge >= 0.3 is 11.8 Å². The zero-order valence-electron chi connectivity index (χ0n) is 12.1. The summed E-state index contributed by atoms with van der Waals surface area (Å²) in [6.07, 6.45) is 0.587. The van der Waals surface area contributed by atoms with Crippen molar-refractivity contribution in [2.75, 3.05) is 0 Å². The predicted molar refractivity (Wildman–Crippen MR) is 82.3 cm³/mol. The second-order valence-electron chi connectivity index (χ2n) is 4.97. The third-order valence-electron chi connectivity index (χ3n) is 3.31. The number of benzene rings is 2. The first-order valence-corrected chi connectivity index (χ1v) is 7.14. The van der Waals surface area contributed by atoms with Gasteiger partial charge in [-0.05, 0) is 5.56 Å². The molecule has 6 nitrogen and oxygen atoms in total. The van der Waals surface area contributed by atoms with Crippen LogP contribution < -0.4 is 0 Å². The number of hydrogen-bond donors (Lipinski definition) is 0. The van der Waals surface area contributed by atoms with E-state index in [-0.39, 0.29) is 11.8 Å². The summed E-state index contributed by atoms with van der Waals surface area (Å²) in [5.41, 5.74) is 1.97. The van der Waals surface area contributed by atoms with Gasteiger partial charge in [-0.25, -0.2) is 0 Å². The molecule has 0 unspecified atom stereocenters. The predicted octanol–water partition coefficient (Wildman–Crippen LogP) is 3.38. The fourth-order valence-electron chi connectivity index (χ4n) is 2.21. The Balaban J connectivity index is 1.56. The van der Waals surface area contributed by atoms with Crippen molar-refractivity contribution in [2.45, 2.75) is 6.42 Å². The van der Waals surface area contributed by atoms with Gasteiger partial charge in [-0.3, -0.25) is 0 Å². The van der Waals surface area contributed by atoms with E-state index in [1.165, 1.54) is 0 Å². The summed E-state index contributed by atoms with van der Waals surface area (Å²) in [5, 5.41) is 7.90. The molecule has 0 saturated heterocycles. The molecule has 4 rings (SSSR count). The van der Waals surface area contributed by atoms with E-state index in [4.69, 9.17) is 9.05 Å². The number of nitrogens with zero attached hydrogens (tertiary/aromatic N) is 4. The monoisotopic (exact) mass is 304 g/mol. The van der Waals surface area contributed by atoms with Crippen molar-refractivity contribution in [1.82, 2.24) is 20.3 Å². The van der Waals surface area contributed by atoms with E-state index < -0.39 is 0 Å². The van der Waals surface area contributed by atoms with Crippen LogP contribution in [0.1, 0.15) is 11.4 Å². The molecule has 23 heavy (non-hydrogen) atoms. The van der Waals surface area contributed by atoms with Gasteiger partial charge in [0, 0.05) is 12.0 Å². The highest BCUT2D eigenvalue weighted by molar-refractivity contribution is 5.55. The molecule has 0 aliphatic heterocycles. The molecular formula is C17H12N4O2. The fourth-order valence-corrected chi connectivity index (χ4v) is 2.21. The first-order valence-electron chi connectivity index (χ1n) is 7.14. The Labute approximate surface area is 131 Å².